The van der Waals surface area contributed by atoms with Crippen LogP contribution in [-0.4, -0.2) is 28.3 Å². The monoisotopic (exact) mass is 418 g/mol. The predicted molar refractivity (Wildman–Crippen MR) is 120 cm³/mol. The number of carbonyl (C=O) groups is 3. The van der Waals surface area contributed by atoms with Crippen LogP contribution in [0.1, 0.15) is 51.5 Å². The summed E-state index contributed by atoms with van der Waals surface area (Å²) in [6.07, 6.45) is -0.984. The molecular weight excluding hydrogens is 392 g/mol. The first kappa shape index (κ1) is 22.0. The van der Waals surface area contributed by atoms with Crippen LogP contribution in [0.3, 0.4) is 0 Å². The van der Waals surface area contributed by atoms with Crippen molar-refractivity contribution in [1.29, 1.82) is 0 Å². The van der Waals surface area contributed by atoms with Gasteiger partial charge in [-0.25, -0.2) is 4.79 Å². The summed E-state index contributed by atoms with van der Waals surface area (Å²) < 4.78 is 7.40. The van der Waals surface area contributed by atoms with Gasteiger partial charge in [-0.2, -0.15) is 0 Å². The Morgan fingerprint density at radius 1 is 0.935 bits per heavy atom. The van der Waals surface area contributed by atoms with Gasteiger partial charge < -0.3 is 14.6 Å². The molecule has 1 N–H and O–H groups in total. The zero-order valence-corrected chi connectivity index (χ0v) is 18.4. The van der Waals surface area contributed by atoms with Crippen LogP contribution in [0, 0.1) is 20.8 Å². The first-order chi connectivity index (χ1) is 14.7. The maximum atomic E-state index is 12.8. The van der Waals surface area contributed by atoms with Crippen molar-refractivity contribution in [1.82, 2.24) is 4.57 Å². The number of amides is 1. The summed E-state index contributed by atoms with van der Waals surface area (Å²) in [6.45, 7) is 8.79. The Balaban J connectivity index is 1.70. The molecule has 0 aliphatic heterocycles. The Labute approximate surface area is 181 Å². The molecule has 0 saturated carbocycles. The molecule has 6 nitrogen and oxygen atoms in total. The summed E-state index contributed by atoms with van der Waals surface area (Å²) in [5, 5.41) is 2.69. The van der Waals surface area contributed by atoms with Gasteiger partial charge >= 0.3 is 5.97 Å². The minimum absolute atomic E-state index is 0.0524. The van der Waals surface area contributed by atoms with Crippen LogP contribution in [0.25, 0.3) is 5.69 Å². The fourth-order valence-electron chi connectivity index (χ4n) is 3.37. The van der Waals surface area contributed by atoms with E-state index in [-0.39, 0.29) is 5.78 Å². The van der Waals surface area contributed by atoms with E-state index in [0.29, 0.717) is 16.8 Å². The van der Waals surface area contributed by atoms with Crippen molar-refractivity contribution in [2.75, 3.05) is 5.32 Å². The summed E-state index contributed by atoms with van der Waals surface area (Å²) >= 11 is 0. The Morgan fingerprint density at radius 2 is 1.55 bits per heavy atom. The molecule has 0 spiro atoms. The van der Waals surface area contributed by atoms with Gasteiger partial charge in [0.2, 0.25) is 0 Å². The van der Waals surface area contributed by atoms with Gasteiger partial charge in [0.15, 0.2) is 11.9 Å². The number of Topliss-reactive ketones (excluding diaryl/α,β-unsaturated/α-hetero) is 1. The Hall–Kier alpha value is -3.67. The molecule has 1 aromatic heterocycles. The minimum Gasteiger partial charge on any atom is -0.449 e. The van der Waals surface area contributed by atoms with Crippen LogP contribution in [0.2, 0.25) is 0 Å². The second kappa shape index (κ2) is 9.00. The lowest BCUT2D eigenvalue weighted by Gasteiger charge is -2.14. The molecule has 2 aromatic carbocycles. The van der Waals surface area contributed by atoms with Crippen molar-refractivity contribution in [3.8, 4) is 5.69 Å². The minimum atomic E-state index is -0.984. The molecule has 0 radical (unpaired) electrons. The largest absolute Gasteiger partial charge is 0.449 e. The number of ketones is 1. The van der Waals surface area contributed by atoms with E-state index in [1.807, 2.05) is 49.6 Å². The normalized spacial score (nSPS) is 11.6. The number of carbonyl (C=O) groups excluding carboxylic acids is 3. The van der Waals surface area contributed by atoms with Crippen molar-refractivity contribution in [2.24, 2.45) is 0 Å². The molecular formula is C25H26N2O4. The number of ether oxygens (including phenoxy) is 1. The maximum Gasteiger partial charge on any atom is 0.340 e. The van der Waals surface area contributed by atoms with E-state index in [1.54, 1.807) is 30.3 Å². The second-order valence-corrected chi connectivity index (χ2v) is 7.63. The number of hydrogen-bond acceptors (Lipinski definition) is 4. The third-order valence-electron chi connectivity index (χ3n) is 5.16. The number of nitrogens with zero attached hydrogens (tertiary/aromatic N) is 1. The highest BCUT2D eigenvalue weighted by Gasteiger charge is 2.23. The van der Waals surface area contributed by atoms with Crippen LogP contribution in [0.5, 0.6) is 0 Å². The first-order valence-electron chi connectivity index (χ1n) is 10.1. The van der Waals surface area contributed by atoms with Crippen LogP contribution >= 0.6 is 0 Å². The third-order valence-corrected chi connectivity index (χ3v) is 5.16. The summed E-state index contributed by atoms with van der Waals surface area (Å²) in [6, 6.07) is 16.3. The number of anilines is 1. The van der Waals surface area contributed by atoms with E-state index in [0.717, 1.165) is 22.6 Å². The third kappa shape index (κ3) is 4.91. The quantitative estimate of drug-likeness (QED) is 0.461. The van der Waals surface area contributed by atoms with Gasteiger partial charge in [-0.15, -0.1) is 0 Å². The molecule has 1 amide bonds. The highest BCUT2D eigenvalue weighted by molar-refractivity contribution is 5.99. The van der Waals surface area contributed by atoms with Crippen molar-refractivity contribution in [3.63, 3.8) is 0 Å². The van der Waals surface area contributed by atoms with Crippen molar-refractivity contribution in [3.05, 3.63) is 82.7 Å². The summed E-state index contributed by atoms with van der Waals surface area (Å²) in [7, 11) is 0. The number of aromatic nitrogens is 1. The van der Waals surface area contributed by atoms with E-state index in [4.69, 9.17) is 4.74 Å². The van der Waals surface area contributed by atoms with E-state index >= 15 is 0 Å². The lowest BCUT2D eigenvalue weighted by molar-refractivity contribution is -0.123. The van der Waals surface area contributed by atoms with Crippen LogP contribution in [-0.2, 0) is 9.53 Å². The van der Waals surface area contributed by atoms with E-state index in [9.17, 15) is 14.4 Å². The Bertz CT molecular complexity index is 1130. The topological polar surface area (TPSA) is 77.4 Å². The van der Waals surface area contributed by atoms with Crippen LogP contribution in [0.4, 0.5) is 5.69 Å². The van der Waals surface area contributed by atoms with Gasteiger partial charge in [0.1, 0.15) is 0 Å². The molecule has 3 aromatic rings. The molecule has 0 aliphatic carbocycles. The standard InChI is InChI=1S/C25H26N2O4/c1-15-6-12-22(13-7-15)27-16(2)14-23(17(27)3)25(30)31-19(5)24(29)26-21-10-8-20(9-11-21)18(4)28/h6-14,19H,1-5H3,(H,26,29)/t19-/m1/s1. The van der Waals surface area contributed by atoms with Crippen LogP contribution < -0.4 is 5.32 Å². The number of aryl methyl sites for hydroxylation is 2. The second-order valence-electron chi connectivity index (χ2n) is 7.63. The van der Waals surface area contributed by atoms with E-state index < -0.39 is 18.0 Å². The molecule has 0 saturated heterocycles. The van der Waals surface area contributed by atoms with Gasteiger partial charge in [0.25, 0.3) is 5.91 Å². The summed E-state index contributed by atoms with van der Waals surface area (Å²) in [5.74, 6) is -1.05. The molecule has 0 fully saturated rings. The van der Waals surface area contributed by atoms with E-state index in [2.05, 4.69) is 5.32 Å². The van der Waals surface area contributed by atoms with Gasteiger partial charge in [0.05, 0.1) is 5.56 Å². The molecule has 0 bridgehead atoms. The zero-order chi connectivity index (χ0) is 22.7. The fourth-order valence-corrected chi connectivity index (χ4v) is 3.37. The zero-order valence-electron chi connectivity index (χ0n) is 18.4. The molecule has 160 valence electrons. The number of hydrogen-bond donors (Lipinski definition) is 1. The average Bonchev–Trinajstić information content (AvgIpc) is 3.03. The van der Waals surface area contributed by atoms with Crippen LogP contribution in [0.15, 0.2) is 54.6 Å². The molecule has 3 rings (SSSR count). The van der Waals surface area contributed by atoms with Gasteiger partial charge in [-0.05, 0) is 77.1 Å². The lowest BCUT2D eigenvalue weighted by Crippen LogP contribution is -2.30. The van der Waals surface area contributed by atoms with Crippen molar-refractivity contribution >= 4 is 23.3 Å². The highest BCUT2D eigenvalue weighted by Crippen LogP contribution is 2.22. The number of esters is 1. The van der Waals surface area contributed by atoms with Crippen molar-refractivity contribution in [2.45, 2.75) is 40.7 Å². The molecule has 1 heterocycles. The number of nitrogens with one attached hydrogen (secondary N) is 1. The predicted octanol–water partition coefficient (Wildman–Crippen LogP) is 4.79. The maximum absolute atomic E-state index is 12.8. The van der Waals surface area contributed by atoms with Gasteiger partial charge in [-0.3, -0.25) is 9.59 Å². The number of rotatable bonds is 6. The van der Waals surface area contributed by atoms with Gasteiger partial charge in [0, 0.05) is 28.3 Å². The lowest BCUT2D eigenvalue weighted by atomic mass is 10.1. The van der Waals surface area contributed by atoms with Crippen molar-refractivity contribution < 1.29 is 19.1 Å². The SMILES string of the molecule is CC(=O)c1ccc(NC(=O)[C@@H](C)OC(=O)c2cc(C)n(-c3ccc(C)cc3)c2C)cc1. The highest BCUT2D eigenvalue weighted by atomic mass is 16.5. The molecule has 0 aliphatic rings. The fraction of sp³-hybridized carbons (Fsp3) is 0.240. The Morgan fingerprint density at radius 3 is 2.13 bits per heavy atom. The van der Waals surface area contributed by atoms with Gasteiger partial charge in [-0.1, -0.05) is 17.7 Å². The summed E-state index contributed by atoms with van der Waals surface area (Å²) in [5.41, 5.74) is 5.26. The molecule has 0 unspecified atom stereocenters. The Kier molecular flexibility index (Phi) is 6.39. The molecule has 6 heteroatoms. The summed E-state index contributed by atoms with van der Waals surface area (Å²) in [4.78, 5) is 36.6. The molecule has 1 atom stereocenters. The smallest absolute Gasteiger partial charge is 0.340 e. The molecule has 31 heavy (non-hydrogen) atoms. The average molecular weight is 418 g/mol. The first-order valence-corrected chi connectivity index (χ1v) is 10.1. The number of benzene rings is 2. The van der Waals surface area contributed by atoms with E-state index in [1.165, 1.54) is 13.8 Å².